The Bertz CT molecular complexity index is 715. The van der Waals surface area contributed by atoms with Gasteiger partial charge in [0.05, 0.1) is 12.7 Å². The SMILES string of the molecule is [Co].c1ccc(N(c2ccccc2)c2ccc(CC3CO3)cc2)cc1. The number of anilines is 3. The minimum atomic E-state index is 0. The van der Waals surface area contributed by atoms with Crippen molar-refractivity contribution in [2.24, 2.45) is 0 Å². The first-order valence-corrected chi connectivity index (χ1v) is 8.01. The number of nitrogens with zero attached hydrogens (tertiary/aromatic N) is 1. The summed E-state index contributed by atoms with van der Waals surface area (Å²) in [5, 5.41) is 0. The zero-order valence-corrected chi connectivity index (χ0v) is 14.3. The number of hydrogen-bond donors (Lipinski definition) is 0. The molecule has 0 amide bonds. The maximum atomic E-state index is 5.32. The summed E-state index contributed by atoms with van der Waals surface area (Å²) in [6, 6.07) is 29.7. The molecule has 1 atom stereocenters. The third kappa shape index (κ3) is 3.87. The van der Waals surface area contributed by atoms with E-state index >= 15 is 0 Å². The van der Waals surface area contributed by atoms with Crippen LogP contribution in [0.25, 0.3) is 0 Å². The molecule has 0 spiro atoms. The van der Waals surface area contributed by atoms with Crippen molar-refractivity contribution in [3.05, 3.63) is 90.5 Å². The van der Waals surface area contributed by atoms with Crippen molar-refractivity contribution in [2.45, 2.75) is 12.5 Å². The summed E-state index contributed by atoms with van der Waals surface area (Å²) in [6.45, 7) is 0.905. The Balaban J connectivity index is 0.00000169. The molecule has 1 unspecified atom stereocenters. The van der Waals surface area contributed by atoms with E-state index in [9.17, 15) is 0 Å². The van der Waals surface area contributed by atoms with Crippen LogP contribution in [0.2, 0.25) is 0 Å². The number of hydrogen-bond acceptors (Lipinski definition) is 2. The first kappa shape index (κ1) is 16.8. The predicted molar refractivity (Wildman–Crippen MR) is 94.6 cm³/mol. The van der Waals surface area contributed by atoms with Crippen LogP contribution in [0.5, 0.6) is 0 Å². The predicted octanol–water partition coefficient (Wildman–Crippen LogP) is 5.10. The Morgan fingerprint density at radius 1 is 0.708 bits per heavy atom. The first-order valence-electron chi connectivity index (χ1n) is 8.01. The third-order valence-electron chi connectivity index (χ3n) is 4.09. The average Bonchev–Trinajstić information content (AvgIpc) is 3.43. The van der Waals surface area contributed by atoms with Crippen molar-refractivity contribution < 1.29 is 21.5 Å². The molecule has 3 aromatic carbocycles. The zero-order valence-electron chi connectivity index (χ0n) is 13.3. The van der Waals surface area contributed by atoms with E-state index in [-0.39, 0.29) is 16.8 Å². The Hall–Kier alpha value is -2.07. The molecule has 2 nitrogen and oxygen atoms in total. The van der Waals surface area contributed by atoms with Gasteiger partial charge < -0.3 is 9.64 Å². The van der Waals surface area contributed by atoms with E-state index < -0.39 is 0 Å². The molecule has 0 saturated carbocycles. The van der Waals surface area contributed by atoms with Crippen LogP contribution in [-0.2, 0) is 27.9 Å². The standard InChI is InChI=1S/C21H19NO.Co/c1-3-7-18(8-4-1)22(19-9-5-2-6-10-19)20-13-11-17(12-14-20)15-21-16-23-21;/h1-14,21H,15-16H2;. The summed E-state index contributed by atoms with van der Waals surface area (Å²) < 4.78 is 5.32. The van der Waals surface area contributed by atoms with Gasteiger partial charge in [0.1, 0.15) is 0 Å². The molecule has 1 saturated heterocycles. The van der Waals surface area contributed by atoms with E-state index in [0.29, 0.717) is 6.10 Å². The summed E-state index contributed by atoms with van der Waals surface area (Å²) in [7, 11) is 0. The summed E-state index contributed by atoms with van der Waals surface area (Å²) in [5.41, 5.74) is 4.83. The number of epoxide rings is 1. The van der Waals surface area contributed by atoms with Crippen molar-refractivity contribution in [3.63, 3.8) is 0 Å². The fourth-order valence-electron chi connectivity index (χ4n) is 2.83. The minimum Gasteiger partial charge on any atom is -0.373 e. The molecule has 1 heterocycles. The van der Waals surface area contributed by atoms with Crippen LogP contribution in [-0.4, -0.2) is 12.7 Å². The molecule has 24 heavy (non-hydrogen) atoms. The minimum absolute atomic E-state index is 0. The Labute approximate surface area is 153 Å². The smallest absolute Gasteiger partial charge is 0.0850 e. The van der Waals surface area contributed by atoms with Crippen LogP contribution < -0.4 is 4.90 Å². The van der Waals surface area contributed by atoms with Crippen LogP contribution >= 0.6 is 0 Å². The molecule has 1 aliphatic rings. The molecule has 0 aliphatic carbocycles. The van der Waals surface area contributed by atoms with E-state index in [1.165, 1.54) is 11.3 Å². The second kappa shape index (κ2) is 7.66. The molecule has 1 radical (unpaired) electrons. The summed E-state index contributed by atoms with van der Waals surface area (Å²) >= 11 is 0. The second-order valence-electron chi connectivity index (χ2n) is 5.83. The van der Waals surface area contributed by atoms with Crippen molar-refractivity contribution >= 4 is 17.1 Å². The maximum Gasteiger partial charge on any atom is 0.0850 e. The quantitative estimate of drug-likeness (QED) is 0.589. The van der Waals surface area contributed by atoms with Crippen molar-refractivity contribution in [3.8, 4) is 0 Å². The van der Waals surface area contributed by atoms with Crippen molar-refractivity contribution in [1.29, 1.82) is 0 Å². The number of ether oxygens (including phenoxy) is 1. The molecule has 3 heteroatoms. The van der Waals surface area contributed by atoms with Crippen LogP contribution in [0.3, 0.4) is 0 Å². The van der Waals surface area contributed by atoms with Gasteiger partial charge in [-0.15, -0.1) is 0 Å². The molecule has 1 fully saturated rings. The maximum absolute atomic E-state index is 5.32. The van der Waals surface area contributed by atoms with Crippen LogP contribution in [0.15, 0.2) is 84.9 Å². The van der Waals surface area contributed by atoms with Gasteiger partial charge in [-0.1, -0.05) is 48.5 Å². The first-order chi connectivity index (χ1) is 11.4. The number of para-hydroxylation sites is 2. The molecular formula is C21H19CoNO. The molecule has 0 bridgehead atoms. The molecule has 0 N–H and O–H groups in total. The van der Waals surface area contributed by atoms with E-state index in [4.69, 9.17) is 4.74 Å². The van der Waals surface area contributed by atoms with Gasteiger partial charge in [-0.3, -0.25) is 0 Å². The molecule has 4 rings (SSSR count). The van der Waals surface area contributed by atoms with Crippen molar-refractivity contribution in [2.75, 3.05) is 11.5 Å². The van der Waals surface area contributed by atoms with E-state index in [1.807, 2.05) is 12.1 Å². The Kier molecular flexibility index (Phi) is 5.36. The molecule has 0 aromatic heterocycles. The summed E-state index contributed by atoms with van der Waals surface area (Å²) in [4.78, 5) is 2.28. The topological polar surface area (TPSA) is 15.8 Å². The van der Waals surface area contributed by atoms with Gasteiger partial charge in [-0.2, -0.15) is 0 Å². The van der Waals surface area contributed by atoms with Crippen LogP contribution in [0.1, 0.15) is 5.56 Å². The van der Waals surface area contributed by atoms with E-state index in [2.05, 4.69) is 77.7 Å². The molecule has 1 aliphatic heterocycles. The largest absolute Gasteiger partial charge is 0.373 e. The average molecular weight is 360 g/mol. The molecule has 3 aromatic rings. The summed E-state index contributed by atoms with van der Waals surface area (Å²) in [5.74, 6) is 0. The van der Waals surface area contributed by atoms with Gasteiger partial charge in [0.15, 0.2) is 0 Å². The second-order valence-corrected chi connectivity index (χ2v) is 5.83. The number of benzene rings is 3. The van der Waals surface area contributed by atoms with E-state index in [0.717, 1.165) is 24.4 Å². The monoisotopic (exact) mass is 360 g/mol. The normalized spacial score (nSPS) is 15.4. The zero-order chi connectivity index (χ0) is 15.5. The van der Waals surface area contributed by atoms with Crippen LogP contribution in [0.4, 0.5) is 17.1 Å². The number of rotatable bonds is 5. The van der Waals surface area contributed by atoms with Gasteiger partial charge in [0.25, 0.3) is 0 Å². The molecular weight excluding hydrogens is 341 g/mol. The third-order valence-corrected chi connectivity index (χ3v) is 4.09. The van der Waals surface area contributed by atoms with Gasteiger partial charge in [0, 0.05) is 40.3 Å². The molecule has 123 valence electrons. The van der Waals surface area contributed by atoms with Gasteiger partial charge >= 0.3 is 0 Å². The summed E-state index contributed by atoms with van der Waals surface area (Å²) in [6.07, 6.45) is 1.44. The van der Waals surface area contributed by atoms with Gasteiger partial charge in [-0.25, -0.2) is 0 Å². The van der Waals surface area contributed by atoms with E-state index in [1.54, 1.807) is 0 Å². The Morgan fingerprint density at radius 2 is 1.17 bits per heavy atom. The van der Waals surface area contributed by atoms with Crippen LogP contribution in [0, 0.1) is 0 Å². The van der Waals surface area contributed by atoms with Gasteiger partial charge in [0.2, 0.25) is 0 Å². The Morgan fingerprint density at radius 3 is 1.62 bits per heavy atom. The van der Waals surface area contributed by atoms with Crippen molar-refractivity contribution in [1.82, 2.24) is 0 Å². The fourth-order valence-corrected chi connectivity index (χ4v) is 2.83. The van der Waals surface area contributed by atoms with Gasteiger partial charge in [-0.05, 0) is 42.0 Å². The fraction of sp³-hybridized carbons (Fsp3) is 0.143.